The van der Waals surface area contributed by atoms with Crippen LogP contribution in [0.15, 0.2) is 42.5 Å². The van der Waals surface area contributed by atoms with E-state index >= 15 is 0 Å². The third-order valence-electron chi connectivity index (χ3n) is 3.79. The highest BCUT2D eigenvalue weighted by Gasteiger charge is 2.15. The highest BCUT2D eigenvalue weighted by molar-refractivity contribution is 6.39. The van der Waals surface area contributed by atoms with Crippen LogP contribution in [-0.2, 0) is 9.59 Å². The summed E-state index contributed by atoms with van der Waals surface area (Å²) >= 11 is 12.5. The maximum atomic E-state index is 12.3. The second kappa shape index (κ2) is 8.46. The maximum Gasteiger partial charge on any atom is 0.262 e. The molecule has 0 saturated carbocycles. The molecule has 0 radical (unpaired) electrons. The molecule has 0 atom stereocenters. The van der Waals surface area contributed by atoms with Crippen molar-refractivity contribution in [1.82, 2.24) is 4.98 Å². The van der Waals surface area contributed by atoms with E-state index in [1.165, 1.54) is 6.92 Å². The minimum atomic E-state index is -0.383. The molecule has 0 bridgehead atoms. The Balaban J connectivity index is 1.75. The van der Waals surface area contributed by atoms with Crippen LogP contribution < -0.4 is 15.4 Å². The Bertz CT molecular complexity index is 1070. The SMILES string of the molecule is CC(=O)Nc1cccc(NC(=O)COc2c(Cl)cc(Cl)c3ccc(C)nc23)c1. The molecule has 3 aromatic rings. The minimum Gasteiger partial charge on any atom is -0.480 e. The van der Waals surface area contributed by atoms with Gasteiger partial charge in [0.25, 0.3) is 5.91 Å². The molecule has 0 spiro atoms. The van der Waals surface area contributed by atoms with Gasteiger partial charge in [-0.25, -0.2) is 4.98 Å². The number of amides is 2. The zero-order chi connectivity index (χ0) is 20.3. The fourth-order valence-electron chi connectivity index (χ4n) is 2.64. The number of rotatable bonds is 5. The molecule has 0 aliphatic heterocycles. The lowest BCUT2D eigenvalue weighted by molar-refractivity contribution is -0.118. The zero-order valence-electron chi connectivity index (χ0n) is 15.2. The summed E-state index contributed by atoms with van der Waals surface area (Å²) in [6.07, 6.45) is 0. The van der Waals surface area contributed by atoms with Crippen LogP contribution in [0.1, 0.15) is 12.6 Å². The van der Waals surface area contributed by atoms with Crippen molar-refractivity contribution < 1.29 is 14.3 Å². The van der Waals surface area contributed by atoms with Crippen molar-refractivity contribution in [3.8, 4) is 5.75 Å². The Morgan fingerprint density at radius 2 is 1.75 bits per heavy atom. The van der Waals surface area contributed by atoms with Gasteiger partial charge >= 0.3 is 0 Å². The van der Waals surface area contributed by atoms with Gasteiger partial charge in [0, 0.05) is 29.4 Å². The first-order valence-corrected chi connectivity index (χ1v) is 9.15. The summed E-state index contributed by atoms with van der Waals surface area (Å²) in [5.41, 5.74) is 2.38. The van der Waals surface area contributed by atoms with Gasteiger partial charge in [0.05, 0.1) is 10.0 Å². The number of fused-ring (bicyclic) bond motifs is 1. The number of pyridine rings is 1. The Kier molecular flexibility index (Phi) is 6.02. The smallest absolute Gasteiger partial charge is 0.262 e. The number of carbonyl (C=O) groups excluding carboxylic acids is 2. The second-order valence-corrected chi connectivity index (χ2v) is 6.93. The van der Waals surface area contributed by atoms with Gasteiger partial charge in [0.1, 0.15) is 5.52 Å². The third kappa shape index (κ3) is 4.71. The van der Waals surface area contributed by atoms with E-state index in [1.54, 1.807) is 30.3 Å². The van der Waals surface area contributed by atoms with Gasteiger partial charge in [0.2, 0.25) is 5.91 Å². The van der Waals surface area contributed by atoms with Crippen LogP contribution in [0.5, 0.6) is 5.75 Å². The Morgan fingerprint density at radius 3 is 2.46 bits per heavy atom. The number of aryl methyl sites for hydroxylation is 1. The van der Waals surface area contributed by atoms with Gasteiger partial charge in [-0.15, -0.1) is 0 Å². The van der Waals surface area contributed by atoms with Crippen LogP contribution in [0.3, 0.4) is 0 Å². The van der Waals surface area contributed by atoms with Crippen molar-refractivity contribution in [2.24, 2.45) is 0 Å². The highest BCUT2D eigenvalue weighted by Crippen LogP contribution is 2.37. The number of hydrogen-bond donors (Lipinski definition) is 2. The van der Waals surface area contributed by atoms with E-state index in [9.17, 15) is 9.59 Å². The van der Waals surface area contributed by atoms with E-state index < -0.39 is 0 Å². The van der Waals surface area contributed by atoms with Gasteiger partial charge in [0.15, 0.2) is 12.4 Å². The number of halogens is 2. The molecule has 6 nitrogen and oxygen atoms in total. The Labute approximate surface area is 171 Å². The Morgan fingerprint density at radius 1 is 1.04 bits per heavy atom. The topological polar surface area (TPSA) is 80.3 Å². The van der Waals surface area contributed by atoms with Crippen molar-refractivity contribution in [2.45, 2.75) is 13.8 Å². The average molecular weight is 418 g/mol. The summed E-state index contributed by atoms with van der Waals surface area (Å²) in [7, 11) is 0. The summed E-state index contributed by atoms with van der Waals surface area (Å²) in [5.74, 6) is -0.280. The van der Waals surface area contributed by atoms with E-state index in [-0.39, 0.29) is 23.4 Å². The number of carbonyl (C=O) groups is 2. The molecule has 2 aromatic carbocycles. The van der Waals surface area contributed by atoms with Gasteiger partial charge in [-0.1, -0.05) is 29.3 Å². The largest absolute Gasteiger partial charge is 0.480 e. The van der Waals surface area contributed by atoms with E-state index in [1.807, 2.05) is 19.1 Å². The first-order valence-electron chi connectivity index (χ1n) is 8.39. The van der Waals surface area contributed by atoms with E-state index in [0.29, 0.717) is 33.0 Å². The molecule has 2 N–H and O–H groups in total. The summed E-state index contributed by atoms with van der Waals surface area (Å²) in [6, 6.07) is 12.0. The first kappa shape index (κ1) is 19.9. The van der Waals surface area contributed by atoms with Crippen LogP contribution in [0.4, 0.5) is 11.4 Å². The Hall–Kier alpha value is -2.83. The summed E-state index contributed by atoms with van der Waals surface area (Å²) in [6.45, 7) is 2.98. The molecule has 1 aromatic heterocycles. The van der Waals surface area contributed by atoms with Crippen LogP contribution in [0.25, 0.3) is 10.9 Å². The van der Waals surface area contributed by atoms with Gasteiger partial charge in [-0.2, -0.15) is 0 Å². The number of nitrogens with one attached hydrogen (secondary N) is 2. The predicted octanol–water partition coefficient (Wildman–Crippen LogP) is 4.83. The fraction of sp³-hybridized carbons (Fsp3) is 0.150. The van der Waals surface area contributed by atoms with Crippen molar-refractivity contribution in [2.75, 3.05) is 17.2 Å². The number of ether oxygens (including phenoxy) is 1. The number of nitrogens with zero attached hydrogens (tertiary/aromatic N) is 1. The average Bonchev–Trinajstić information content (AvgIpc) is 2.61. The number of benzene rings is 2. The lowest BCUT2D eigenvalue weighted by atomic mass is 10.2. The van der Waals surface area contributed by atoms with Crippen molar-refractivity contribution in [3.63, 3.8) is 0 Å². The van der Waals surface area contributed by atoms with Crippen LogP contribution in [-0.4, -0.2) is 23.4 Å². The van der Waals surface area contributed by atoms with E-state index in [4.69, 9.17) is 27.9 Å². The molecule has 8 heteroatoms. The molecule has 1 heterocycles. The minimum absolute atomic E-state index is 0.195. The van der Waals surface area contributed by atoms with E-state index in [0.717, 1.165) is 5.69 Å². The standard InChI is InChI=1S/C20H17Cl2N3O3/c1-11-6-7-15-16(21)9-17(22)20(19(15)23-11)28-10-18(27)25-14-5-3-4-13(8-14)24-12(2)26/h3-9H,10H2,1-2H3,(H,24,26)(H,25,27). The number of anilines is 2. The molecule has 2 amide bonds. The molecule has 0 fully saturated rings. The fourth-order valence-corrected chi connectivity index (χ4v) is 3.21. The molecule has 0 aliphatic carbocycles. The lowest BCUT2D eigenvalue weighted by Gasteiger charge is -2.13. The van der Waals surface area contributed by atoms with Crippen LogP contribution >= 0.6 is 23.2 Å². The molecular weight excluding hydrogens is 401 g/mol. The predicted molar refractivity (Wildman–Crippen MR) is 111 cm³/mol. The number of hydrogen-bond acceptors (Lipinski definition) is 4. The highest BCUT2D eigenvalue weighted by atomic mass is 35.5. The normalized spacial score (nSPS) is 10.6. The summed E-state index contributed by atoms with van der Waals surface area (Å²) < 4.78 is 5.65. The quantitative estimate of drug-likeness (QED) is 0.622. The third-order valence-corrected chi connectivity index (χ3v) is 4.38. The van der Waals surface area contributed by atoms with Gasteiger partial charge < -0.3 is 15.4 Å². The van der Waals surface area contributed by atoms with E-state index in [2.05, 4.69) is 15.6 Å². The molecule has 28 heavy (non-hydrogen) atoms. The molecule has 144 valence electrons. The molecule has 0 aliphatic rings. The van der Waals surface area contributed by atoms with Crippen molar-refractivity contribution in [1.29, 1.82) is 0 Å². The maximum absolute atomic E-state index is 12.3. The lowest BCUT2D eigenvalue weighted by Crippen LogP contribution is -2.20. The molecular formula is C20H17Cl2N3O3. The van der Waals surface area contributed by atoms with Crippen molar-refractivity contribution >= 4 is 57.3 Å². The van der Waals surface area contributed by atoms with Gasteiger partial charge in [-0.05, 0) is 43.3 Å². The van der Waals surface area contributed by atoms with Crippen molar-refractivity contribution in [3.05, 3.63) is 58.2 Å². The number of aromatic nitrogens is 1. The van der Waals surface area contributed by atoms with Crippen LogP contribution in [0.2, 0.25) is 10.0 Å². The molecule has 0 saturated heterocycles. The molecule has 0 unspecified atom stereocenters. The summed E-state index contributed by atoms with van der Waals surface area (Å²) in [5, 5.41) is 6.79. The summed E-state index contributed by atoms with van der Waals surface area (Å²) in [4.78, 5) is 27.9. The second-order valence-electron chi connectivity index (χ2n) is 6.12. The monoisotopic (exact) mass is 417 g/mol. The zero-order valence-corrected chi connectivity index (χ0v) is 16.7. The molecule has 3 rings (SSSR count). The van der Waals surface area contributed by atoms with Gasteiger partial charge in [-0.3, -0.25) is 9.59 Å². The van der Waals surface area contributed by atoms with Crippen LogP contribution in [0, 0.1) is 6.92 Å². The first-order chi connectivity index (χ1) is 13.3.